The van der Waals surface area contributed by atoms with Crippen LogP contribution in [0, 0.1) is 6.92 Å². The van der Waals surface area contributed by atoms with Crippen LogP contribution in [-0.4, -0.2) is 27.9 Å². The highest BCUT2D eigenvalue weighted by atomic mass is 35.5. The van der Waals surface area contributed by atoms with Crippen LogP contribution in [0.5, 0.6) is 0 Å². The van der Waals surface area contributed by atoms with Gasteiger partial charge in [0.1, 0.15) is 12.4 Å². The highest BCUT2D eigenvalue weighted by molar-refractivity contribution is 6.30. The molecule has 0 unspecified atom stereocenters. The average molecular weight is 461 g/mol. The number of imidazole rings is 1. The number of hydrogen-bond acceptors (Lipinski definition) is 3. The quantitative estimate of drug-likeness (QED) is 0.363. The first kappa shape index (κ1) is 22.6. The molecule has 2 N–H and O–H groups in total. The van der Waals surface area contributed by atoms with Crippen molar-refractivity contribution >= 4 is 40.1 Å². The van der Waals surface area contributed by atoms with Crippen LogP contribution in [0.25, 0.3) is 11.0 Å². The predicted molar refractivity (Wildman–Crippen MR) is 132 cm³/mol. The van der Waals surface area contributed by atoms with Crippen molar-refractivity contribution in [3.63, 3.8) is 0 Å². The summed E-state index contributed by atoms with van der Waals surface area (Å²) in [6.07, 6.45) is 1.33. The number of fused-ring (bicyclic) bond motifs is 1. The third-order valence-corrected chi connectivity index (χ3v) is 5.68. The lowest BCUT2D eigenvalue weighted by Crippen LogP contribution is -2.25. The van der Waals surface area contributed by atoms with E-state index >= 15 is 0 Å². The summed E-state index contributed by atoms with van der Waals surface area (Å²) in [6, 6.07) is 22.3. The molecule has 0 aliphatic carbocycles. The fourth-order valence-electron chi connectivity index (χ4n) is 3.69. The number of anilines is 1. The number of aryl methyl sites for hydroxylation is 2. The highest BCUT2D eigenvalue weighted by Gasteiger charge is 2.14. The van der Waals surface area contributed by atoms with Crippen LogP contribution in [0.1, 0.15) is 28.2 Å². The first-order valence-corrected chi connectivity index (χ1v) is 11.2. The van der Waals surface area contributed by atoms with E-state index in [-0.39, 0.29) is 18.4 Å². The molecular weight excluding hydrogens is 436 g/mol. The SMILES string of the molecule is Cc1ccccc1NC(=O)Cn1c(CCCNC(=O)c2ccc(Cl)cc2)nc2ccccc21. The number of halogens is 1. The van der Waals surface area contributed by atoms with Crippen molar-refractivity contribution in [3.8, 4) is 0 Å². The molecule has 0 saturated heterocycles. The number of nitrogens with zero attached hydrogens (tertiary/aromatic N) is 2. The summed E-state index contributed by atoms with van der Waals surface area (Å²) in [6.45, 7) is 2.63. The zero-order chi connectivity index (χ0) is 23.2. The van der Waals surface area contributed by atoms with Crippen molar-refractivity contribution in [1.82, 2.24) is 14.9 Å². The van der Waals surface area contributed by atoms with E-state index in [0.29, 0.717) is 30.0 Å². The lowest BCUT2D eigenvalue weighted by molar-refractivity contribution is -0.116. The molecule has 1 heterocycles. The number of carbonyl (C=O) groups is 2. The molecule has 0 aliphatic heterocycles. The molecule has 4 aromatic rings. The minimum absolute atomic E-state index is 0.107. The molecule has 0 aliphatic rings. The molecule has 0 saturated carbocycles. The largest absolute Gasteiger partial charge is 0.352 e. The normalized spacial score (nSPS) is 10.8. The summed E-state index contributed by atoms with van der Waals surface area (Å²) in [7, 11) is 0. The van der Waals surface area contributed by atoms with E-state index in [1.165, 1.54) is 0 Å². The number of aromatic nitrogens is 2. The predicted octanol–water partition coefficient (Wildman–Crippen LogP) is 5.00. The van der Waals surface area contributed by atoms with Gasteiger partial charge >= 0.3 is 0 Å². The van der Waals surface area contributed by atoms with E-state index in [1.54, 1.807) is 24.3 Å². The molecule has 7 heteroatoms. The summed E-state index contributed by atoms with van der Waals surface area (Å²) < 4.78 is 1.95. The zero-order valence-corrected chi connectivity index (χ0v) is 19.1. The number of amides is 2. The van der Waals surface area contributed by atoms with Gasteiger partial charge in [-0.15, -0.1) is 0 Å². The highest BCUT2D eigenvalue weighted by Crippen LogP contribution is 2.18. The van der Waals surface area contributed by atoms with E-state index in [2.05, 4.69) is 10.6 Å². The van der Waals surface area contributed by atoms with Crippen LogP contribution in [0.15, 0.2) is 72.8 Å². The average Bonchev–Trinajstić information content (AvgIpc) is 3.15. The number of benzene rings is 3. The summed E-state index contributed by atoms with van der Waals surface area (Å²) >= 11 is 5.88. The number of rotatable bonds is 8. The molecule has 0 spiro atoms. The zero-order valence-electron chi connectivity index (χ0n) is 18.3. The Bertz CT molecular complexity index is 1280. The molecule has 2 amide bonds. The monoisotopic (exact) mass is 460 g/mol. The second-order valence-electron chi connectivity index (χ2n) is 7.83. The Morgan fingerprint density at radius 1 is 0.970 bits per heavy atom. The Morgan fingerprint density at radius 2 is 1.70 bits per heavy atom. The molecule has 6 nitrogen and oxygen atoms in total. The maximum absolute atomic E-state index is 12.8. The van der Waals surface area contributed by atoms with Gasteiger partial charge < -0.3 is 15.2 Å². The van der Waals surface area contributed by atoms with Gasteiger partial charge in [0, 0.05) is 29.2 Å². The second-order valence-corrected chi connectivity index (χ2v) is 8.27. The third-order valence-electron chi connectivity index (χ3n) is 5.42. The molecule has 0 radical (unpaired) electrons. The molecular formula is C26H25ClN4O2. The Morgan fingerprint density at radius 3 is 2.48 bits per heavy atom. The summed E-state index contributed by atoms with van der Waals surface area (Å²) in [4.78, 5) is 29.8. The fraction of sp³-hybridized carbons (Fsp3) is 0.192. The standard InChI is InChI=1S/C26H25ClN4O2/c1-18-7-2-3-8-21(18)30-25(32)17-31-23-10-5-4-9-22(23)29-24(31)11-6-16-28-26(33)19-12-14-20(27)15-13-19/h2-5,7-10,12-15H,6,11,16-17H2,1H3,(H,28,33)(H,30,32). The van der Waals surface area contributed by atoms with E-state index < -0.39 is 0 Å². The lowest BCUT2D eigenvalue weighted by atomic mass is 10.2. The van der Waals surface area contributed by atoms with Gasteiger partial charge in [-0.05, 0) is 61.4 Å². The molecule has 168 valence electrons. The summed E-state index contributed by atoms with van der Waals surface area (Å²) in [5.74, 6) is 0.569. The molecule has 0 atom stereocenters. The summed E-state index contributed by atoms with van der Waals surface area (Å²) in [5.41, 5.74) is 4.15. The number of carbonyl (C=O) groups excluding carboxylic acids is 2. The van der Waals surface area contributed by atoms with Crippen LogP contribution in [-0.2, 0) is 17.8 Å². The van der Waals surface area contributed by atoms with E-state index in [9.17, 15) is 9.59 Å². The number of para-hydroxylation sites is 3. The van der Waals surface area contributed by atoms with Gasteiger partial charge in [-0.1, -0.05) is 41.9 Å². The Kier molecular flexibility index (Phi) is 7.05. The van der Waals surface area contributed by atoms with Gasteiger partial charge in [0.15, 0.2) is 0 Å². The van der Waals surface area contributed by atoms with Gasteiger partial charge in [0.05, 0.1) is 11.0 Å². The van der Waals surface area contributed by atoms with Crippen molar-refractivity contribution in [1.29, 1.82) is 0 Å². The van der Waals surface area contributed by atoms with Crippen molar-refractivity contribution in [3.05, 3.63) is 94.8 Å². The van der Waals surface area contributed by atoms with E-state index in [4.69, 9.17) is 16.6 Å². The smallest absolute Gasteiger partial charge is 0.251 e. The van der Waals surface area contributed by atoms with Gasteiger partial charge in [-0.2, -0.15) is 0 Å². The minimum Gasteiger partial charge on any atom is -0.352 e. The van der Waals surface area contributed by atoms with Crippen LogP contribution < -0.4 is 10.6 Å². The Balaban J connectivity index is 1.41. The Hall–Kier alpha value is -3.64. The van der Waals surface area contributed by atoms with Gasteiger partial charge in [0.25, 0.3) is 5.91 Å². The fourth-order valence-corrected chi connectivity index (χ4v) is 3.82. The second kappa shape index (κ2) is 10.3. The van der Waals surface area contributed by atoms with Crippen LogP contribution in [0.3, 0.4) is 0 Å². The first-order valence-electron chi connectivity index (χ1n) is 10.8. The number of hydrogen-bond donors (Lipinski definition) is 2. The molecule has 0 bridgehead atoms. The lowest BCUT2D eigenvalue weighted by Gasteiger charge is -2.12. The van der Waals surface area contributed by atoms with Gasteiger partial charge in [0.2, 0.25) is 5.91 Å². The molecule has 3 aromatic carbocycles. The first-order chi connectivity index (χ1) is 16.0. The van der Waals surface area contributed by atoms with Crippen molar-refractivity contribution in [2.24, 2.45) is 0 Å². The molecule has 33 heavy (non-hydrogen) atoms. The van der Waals surface area contributed by atoms with Crippen LogP contribution >= 0.6 is 11.6 Å². The Labute approximate surface area is 197 Å². The molecule has 4 rings (SSSR count). The van der Waals surface area contributed by atoms with Crippen molar-refractivity contribution < 1.29 is 9.59 Å². The topological polar surface area (TPSA) is 76.0 Å². The van der Waals surface area contributed by atoms with Crippen LogP contribution in [0.4, 0.5) is 5.69 Å². The van der Waals surface area contributed by atoms with Crippen molar-refractivity contribution in [2.45, 2.75) is 26.3 Å². The minimum atomic E-state index is -0.141. The van der Waals surface area contributed by atoms with Crippen molar-refractivity contribution in [2.75, 3.05) is 11.9 Å². The van der Waals surface area contributed by atoms with Gasteiger partial charge in [-0.3, -0.25) is 9.59 Å². The third kappa shape index (κ3) is 5.59. The maximum Gasteiger partial charge on any atom is 0.251 e. The maximum atomic E-state index is 12.8. The van der Waals surface area contributed by atoms with Crippen LogP contribution in [0.2, 0.25) is 5.02 Å². The number of nitrogens with one attached hydrogen (secondary N) is 2. The summed E-state index contributed by atoms with van der Waals surface area (Å²) in [5, 5.41) is 6.51. The molecule has 1 aromatic heterocycles. The van der Waals surface area contributed by atoms with E-state index in [0.717, 1.165) is 28.1 Å². The molecule has 0 fully saturated rings. The van der Waals surface area contributed by atoms with E-state index in [1.807, 2.05) is 60.0 Å². The van der Waals surface area contributed by atoms with Gasteiger partial charge in [-0.25, -0.2) is 4.98 Å².